The largest absolute Gasteiger partial charge is 0.507 e. The van der Waals surface area contributed by atoms with Crippen molar-refractivity contribution >= 4 is 17.4 Å². The third-order valence-electron chi connectivity index (χ3n) is 5.63. The summed E-state index contributed by atoms with van der Waals surface area (Å²) in [7, 11) is 6.84. The number of carbonyl (C=O) groups excluding carboxylic acids is 2. The number of nitrogens with zero attached hydrogens (tertiary/aromatic N) is 2. The van der Waals surface area contributed by atoms with Gasteiger partial charge in [-0.05, 0) is 50.3 Å². The van der Waals surface area contributed by atoms with Crippen molar-refractivity contribution in [3.63, 3.8) is 0 Å². The van der Waals surface area contributed by atoms with Crippen molar-refractivity contribution in [2.45, 2.75) is 19.4 Å². The molecule has 0 bridgehead atoms. The molecule has 1 fully saturated rings. The first kappa shape index (κ1) is 25.1. The van der Waals surface area contributed by atoms with Gasteiger partial charge in [-0.3, -0.25) is 9.59 Å². The van der Waals surface area contributed by atoms with Gasteiger partial charge in [-0.25, -0.2) is 0 Å². The summed E-state index contributed by atoms with van der Waals surface area (Å²) in [4.78, 5) is 29.7. The first-order chi connectivity index (χ1) is 16.3. The van der Waals surface area contributed by atoms with Crippen LogP contribution in [0.3, 0.4) is 0 Å². The van der Waals surface area contributed by atoms with Crippen molar-refractivity contribution in [3.8, 4) is 17.2 Å². The number of aliphatic hydroxyl groups is 1. The van der Waals surface area contributed by atoms with Crippen LogP contribution in [0.2, 0.25) is 0 Å². The van der Waals surface area contributed by atoms with Gasteiger partial charge in [0.2, 0.25) is 0 Å². The molecule has 3 rings (SSSR count). The molecule has 1 amide bonds. The number of rotatable bonds is 10. The second kappa shape index (κ2) is 11.1. The molecule has 0 radical (unpaired) electrons. The van der Waals surface area contributed by atoms with Crippen LogP contribution in [0.15, 0.2) is 48.0 Å². The number of Topliss-reactive ketones (excluding diaryl/α,β-unsaturated/α-hetero) is 1. The summed E-state index contributed by atoms with van der Waals surface area (Å²) in [5.41, 5.74) is 1.07. The number of ketones is 1. The van der Waals surface area contributed by atoms with Gasteiger partial charge in [-0.2, -0.15) is 0 Å². The van der Waals surface area contributed by atoms with Gasteiger partial charge in [0, 0.05) is 18.7 Å². The van der Waals surface area contributed by atoms with Crippen LogP contribution in [-0.2, 0) is 9.59 Å². The Morgan fingerprint density at radius 3 is 2.44 bits per heavy atom. The zero-order valence-corrected chi connectivity index (χ0v) is 20.3. The number of likely N-dealkylation sites (N-methyl/N-ethyl adjacent to an activating group) is 1. The van der Waals surface area contributed by atoms with Crippen LogP contribution < -0.4 is 14.2 Å². The smallest absolute Gasteiger partial charge is 0.295 e. The normalized spacial score (nSPS) is 17.4. The molecule has 1 unspecified atom stereocenters. The van der Waals surface area contributed by atoms with E-state index in [0.717, 1.165) is 6.42 Å². The molecule has 0 spiro atoms. The molecular formula is C26H32N2O6. The van der Waals surface area contributed by atoms with Gasteiger partial charge in [-0.1, -0.05) is 25.1 Å². The zero-order valence-electron chi connectivity index (χ0n) is 20.3. The van der Waals surface area contributed by atoms with Gasteiger partial charge in [0.05, 0.1) is 32.4 Å². The molecule has 0 aromatic heterocycles. The molecule has 1 aliphatic heterocycles. The van der Waals surface area contributed by atoms with E-state index in [1.165, 1.54) is 19.1 Å². The summed E-state index contributed by atoms with van der Waals surface area (Å²) in [5, 5.41) is 11.3. The maximum Gasteiger partial charge on any atom is 0.295 e. The SMILES string of the molecule is CCCOc1cccc(C(O)=C2C(=O)C(=O)N(CCN(C)C)C2c2ccc(OC)c(OC)c2)c1. The molecule has 1 atom stereocenters. The molecule has 0 saturated carbocycles. The summed E-state index contributed by atoms with van der Waals surface area (Å²) in [5.74, 6) is -0.0502. The minimum Gasteiger partial charge on any atom is -0.507 e. The summed E-state index contributed by atoms with van der Waals surface area (Å²) in [6.45, 7) is 3.40. The van der Waals surface area contributed by atoms with E-state index in [0.29, 0.717) is 48.1 Å². The minimum atomic E-state index is -0.778. The van der Waals surface area contributed by atoms with Gasteiger partial charge in [0.15, 0.2) is 11.5 Å². The highest BCUT2D eigenvalue weighted by atomic mass is 16.5. The lowest BCUT2D eigenvalue weighted by molar-refractivity contribution is -0.140. The minimum absolute atomic E-state index is 0.0311. The molecule has 8 heteroatoms. The fourth-order valence-electron chi connectivity index (χ4n) is 3.90. The number of benzene rings is 2. The summed E-state index contributed by atoms with van der Waals surface area (Å²) >= 11 is 0. The van der Waals surface area contributed by atoms with Crippen LogP contribution in [0.25, 0.3) is 5.76 Å². The number of carbonyl (C=O) groups is 2. The zero-order chi connectivity index (χ0) is 24.8. The van der Waals surface area contributed by atoms with Gasteiger partial charge >= 0.3 is 0 Å². The van der Waals surface area contributed by atoms with E-state index >= 15 is 0 Å². The molecule has 1 aliphatic rings. The Hall–Kier alpha value is -3.52. The predicted octanol–water partition coefficient (Wildman–Crippen LogP) is 3.48. The number of hydrogen-bond acceptors (Lipinski definition) is 7. The van der Waals surface area contributed by atoms with Crippen molar-refractivity contribution in [1.29, 1.82) is 0 Å². The quantitative estimate of drug-likeness (QED) is 0.324. The van der Waals surface area contributed by atoms with Crippen LogP contribution >= 0.6 is 0 Å². The van der Waals surface area contributed by atoms with Gasteiger partial charge < -0.3 is 29.1 Å². The molecule has 1 saturated heterocycles. The highest BCUT2D eigenvalue weighted by molar-refractivity contribution is 6.46. The summed E-state index contributed by atoms with van der Waals surface area (Å²) in [6.07, 6.45) is 0.840. The molecule has 34 heavy (non-hydrogen) atoms. The molecule has 0 aliphatic carbocycles. The van der Waals surface area contributed by atoms with Crippen molar-refractivity contribution in [2.75, 3.05) is 48.0 Å². The number of ether oxygens (including phenoxy) is 3. The third kappa shape index (κ3) is 5.17. The van der Waals surface area contributed by atoms with Crippen molar-refractivity contribution in [1.82, 2.24) is 9.80 Å². The molecule has 8 nitrogen and oxygen atoms in total. The monoisotopic (exact) mass is 468 g/mol. The molecule has 182 valence electrons. The van der Waals surface area contributed by atoms with Crippen LogP contribution in [-0.4, -0.2) is 74.6 Å². The van der Waals surface area contributed by atoms with Crippen LogP contribution in [0.4, 0.5) is 0 Å². The average Bonchev–Trinajstić information content (AvgIpc) is 3.10. The molecular weight excluding hydrogens is 436 g/mol. The van der Waals surface area contributed by atoms with Crippen molar-refractivity contribution in [3.05, 3.63) is 59.2 Å². The molecule has 2 aromatic rings. The maximum atomic E-state index is 13.2. The lowest BCUT2D eigenvalue weighted by atomic mass is 9.95. The maximum absolute atomic E-state index is 13.2. The van der Waals surface area contributed by atoms with Gasteiger partial charge in [0.1, 0.15) is 11.5 Å². The third-order valence-corrected chi connectivity index (χ3v) is 5.63. The van der Waals surface area contributed by atoms with Crippen LogP contribution in [0.5, 0.6) is 17.2 Å². The first-order valence-corrected chi connectivity index (χ1v) is 11.2. The first-order valence-electron chi connectivity index (χ1n) is 11.2. The fourth-order valence-corrected chi connectivity index (χ4v) is 3.90. The Morgan fingerprint density at radius 2 is 1.79 bits per heavy atom. The number of hydrogen-bond donors (Lipinski definition) is 1. The number of methoxy groups -OCH3 is 2. The van der Waals surface area contributed by atoms with E-state index in [1.54, 1.807) is 42.5 Å². The van der Waals surface area contributed by atoms with E-state index < -0.39 is 17.7 Å². The summed E-state index contributed by atoms with van der Waals surface area (Å²) < 4.78 is 16.5. The molecule has 2 aromatic carbocycles. The van der Waals surface area contributed by atoms with E-state index in [1.807, 2.05) is 25.9 Å². The van der Waals surface area contributed by atoms with Crippen LogP contribution in [0, 0.1) is 0 Å². The number of likely N-dealkylation sites (tertiary alicyclic amines) is 1. The Kier molecular flexibility index (Phi) is 8.17. The van der Waals surface area contributed by atoms with Crippen molar-refractivity contribution < 1.29 is 28.9 Å². The number of aliphatic hydroxyl groups excluding tert-OH is 1. The fraction of sp³-hybridized carbons (Fsp3) is 0.385. The highest BCUT2D eigenvalue weighted by Crippen LogP contribution is 2.42. The topological polar surface area (TPSA) is 88.5 Å². The number of amides is 1. The Labute approximate surface area is 200 Å². The highest BCUT2D eigenvalue weighted by Gasteiger charge is 2.46. The van der Waals surface area contributed by atoms with Gasteiger partial charge in [-0.15, -0.1) is 0 Å². The lowest BCUT2D eigenvalue weighted by Gasteiger charge is -2.27. The van der Waals surface area contributed by atoms with Crippen molar-refractivity contribution in [2.24, 2.45) is 0 Å². The van der Waals surface area contributed by atoms with E-state index in [-0.39, 0.29) is 11.3 Å². The van der Waals surface area contributed by atoms with Crippen LogP contribution in [0.1, 0.15) is 30.5 Å². The summed E-state index contributed by atoms with van der Waals surface area (Å²) in [6, 6.07) is 11.3. The lowest BCUT2D eigenvalue weighted by Crippen LogP contribution is -2.35. The Morgan fingerprint density at radius 1 is 1.06 bits per heavy atom. The average molecular weight is 469 g/mol. The van der Waals surface area contributed by atoms with E-state index in [9.17, 15) is 14.7 Å². The van der Waals surface area contributed by atoms with E-state index in [4.69, 9.17) is 14.2 Å². The Balaban J connectivity index is 2.15. The Bertz CT molecular complexity index is 1080. The predicted molar refractivity (Wildman–Crippen MR) is 129 cm³/mol. The molecule has 1 N–H and O–H groups in total. The second-order valence-electron chi connectivity index (χ2n) is 8.29. The second-order valence-corrected chi connectivity index (χ2v) is 8.29. The van der Waals surface area contributed by atoms with E-state index in [2.05, 4.69) is 0 Å². The standard InChI is InChI=1S/C26H32N2O6/c1-6-14-34-19-9-7-8-18(15-19)24(29)22-23(17-10-11-20(32-4)21(16-17)33-5)28(13-12-27(2)3)26(31)25(22)30/h7-11,15-16,23,29H,6,12-14H2,1-5H3. The van der Waals surface area contributed by atoms with Gasteiger partial charge in [0.25, 0.3) is 11.7 Å². The molecule has 1 heterocycles.